The number of hydrogen-bond acceptors (Lipinski definition) is 2. The molecule has 1 aliphatic heterocycles. The number of aliphatic imine (C=N–C) groups is 1. The van der Waals surface area contributed by atoms with Gasteiger partial charge in [0.25, 0.3) is 0 Å². The first-order valence-electron chi connectivity index (χ1n) is 8.08. The Kier molecular flexibility index (Phi) is 3.80. The fourth-order valence-electron chi connectivity index (χ4n) is 3.33. The van der Waals surface area contributed by atoms with Gasteiger partial charge in [0.2, 0.25) is 0 Å². The summed E-state index contributed by atoms with van der Waals surface area (Å²) in [5.41, 5.74) is 3.59. The summed E-state index contributed by atoms with van der Waals surface area (Å²) in [7, 11) is 0. The van der Waals surface area contributed by atoms with E-state index in [4.69, 9.17) is 16.6 Å². The van der Waals surface area contributed by atoms with Gasteiger partial charge in [-0.3, -0.25) is 9.98 Å². The largest absolute Gasteiger partial charge is 0.280 e. The summed E-state index contributed by atoms with van der Waals surface area (Å²) in [5, 5.41) is 1.25. The molecule has 2 aromatic carbocycles. The van der Waals surface area contributed by atoms with Gasteiger partial charge in [-0.15, -0.1) is 0 Å². The Labute approximate surface area is 149 Å². The van der Waals surface area contributed by atoms with Gasteiger partial charge >= 0.3 is 0 Å². The number of pyridine rings is 1. The second-order valence-corrected chi connectivity index (χ2v) is 6.77. The minimum Gasteiger partial charge on any atom is -0.280 e. The van der Waals surface area contributed by atoms with Gasteiger partial charge in [-0.05, 0) is 36.8 Å². The number of benzene rings is 2. The molecule has 0 bridgehead atoms. The normalized spacial score (nSPS) is 19.6. The molecule has 25 heavy (non-hydrogen) atoms. The lowest BCUT2D eigenvalue weighted by Crippen LogP contribution is -2.23. The van der Waals surface area contributed by atoms with E-state index in [0.717, 1.165) is 28.5 Å². The van der Waals surface area contributed by atoms with Crippen molar-refractivity contribution in [3.8, 4) is 0 Å². The van der Waals surface area contributed by atoms with E-state index in [1.165, 1.54) is 12.3 Å². The number of rotatable bonds is 1. The molecule has 0 saturated heterocycles. The molecule has 0 N–H and O–H groups in total. The van der Waals surface area contributed by atoms with Gasteiger partial charge in [-0.25, -0.2) is 8.78 Å². The van der Waals surface area contributed by atoms with Crippen molar-refractivity contribution in [1.82, 2.24) is 4.98 Å². The monoisotopic (exact) mass is 356 g/mol. The minimum absolute atomic E-state index is 0.0212. The molecule has 0 radical (unpaired) electrons. The molecule has 2 atom stereocenters. The molecule has 126 valence electrons. The Morgan fingerprint density at radius 3 is 2.68 bits per heavy atom. The van der Waals surface area contributed by atoms with Crippen molar-refractivity contribution < 1.29 is 8.78 Å². The van der Waals surface area contributed by atoms with Crippen LogP contribution < -0.4 is 0 Å². The number of fused-ring (bicyclic) bond motifs is 2. The van der Waals surface area contributed by atoms with Crippen LogP contribution in [-0.4, -0.2) is 16.7 Å². The van der Waals surface area contributed by atoms with Gasteiger partial charge in [0.15, 0.2) is 11.6 Å². The molecule has 0 unspecified atom stereocenters. The number of aromatic nitrogens is 1. The Hall–Kier alpha value is -2.33. The number of nitrogens with zero attached hydrogens (tertiary/aromatic N) is 2. The summed E-state index contributed by atoms with van der Waals surface area (Å²) in [5.74, 6) is -1.63. The third-order valence-electron chi connectivity index (χ3n) is 4.84. The lowest BCUT2D eigenvalue weighted by Gasteiger charge is -2.28. The third kappa shape index (κ3) is 2.52. The van der Waals surface area contributed by atoms with Crippen LogP contribution in [0.5, 0.6) is 0 Å². The number of hydrogen-bond donors (Lipinski definition) is 0. The van der Waals surface area contributed by atoms with Crippen LogP contribution >= 0.6 is 11.6 Å². The summed E-state index contributed by atoms with van der Waals surface area (Å²) < 4.78 is 27.3. The zero-order chi connectivity index (χ0) is 17.7. The molecular weight excluding hydrogens is 342 g/mol. The molecule has 0 spiro atoms. The van der Waals surface area contributed by atoms with Crippen molar-refractivity contribution in [3.63, 3.8) is 0 Å². The first kappa shape index (κ1) is 16.2. The highest BCUT2D eigenvalue weighted by atomic mass is 35.5. The summed E-state index contributed by atoms with van der Waals surface area (Å²) in [6.07, 6.45) is 1.54. The average molecular weight is 357 g/mol. The van der Waals surface area contributed by atoms with Crippen LogP contribution in [0.1, 0.15) is 36.5 Å². The fourth-order valence-corrected chi connectivity index (χ4v) is 3.68. The quantitative estimate of drug-likeness (QED) is 0.564. The zero-order valence-corrected chi connectivity index (χ0v) is 14.5. The van der Waals surface area contributed by atoms with Crippen molar-refractivity contribution >= 4 is 28.2 Å². The van der Waals surface area contributed by atoms with Gasteiger partial charge in [-0.2, -0.15) is 0 Å². The van der Waals surface area contributed by atoms with Crippen molar-refractivity contribution in [3.05, 3.63) is 75.9 Å². The third-order valence-corrected chi connectivity index (χ3v) is 5.17. The predicted octanol–water partition coefficient (Wildman–Crippen LogP) is 5.51. The van der Waals surface area contributed by atoms with Crippen LogP contribution in [-0.2, 0) is 0 Å². The number of halogens is 3. The predicted molar refractivity (Wildman–Crippen MR) is 96.6 cm³/mol. The molecular formula is C20H15ClF2N2. The van der Waals surface area contributed by atoms with Crippen LogP contribution in [0.4, 0.5) is 8.78 Å². The first-order valence-corrected chi connectivity index (χ1v) is 8.46. The van der Waals surface area contributed by atoms with Gasteiger partial charge in [0.05, 0.1) is 11.8 Å². The summed E-state index contributed by atoms with van der Waals surface area (Å²) in [6, 6.07) is 10.2. The van der Waals surface area contributed by atoms with Crippen LogP contribution in [0, 0.1) is 11.6 Å². The van der Waals surface area contributed by atoms with Gasteiger partial charge in [-0.1, -0.05) is 30.7 Å². The molecule has 1 aliphatic rings. The fraction of sp³-hybridized carbons (Fsp3) is 0.200. The van der Waals surface area contributed by atoms with E-state index in [9.17, 15) is 8.78 Å². The molecule has 4 rings (SSSR count). The van der Waals surface area contributed by atoms with Crippen LogP contribution in [0.25, 0.3) is 10.9 Å². The van der Waals surface area contributed by atoms with Crippen molar-refractivity contribution in [1.29, 1.82) is 0 Å². The maximum Gasteiger partial charge on any atom is 0.184 e. The Morgan fingerprint density at radius 2 is 1.88 bits per heavy atom. The van der Waals surface area contributed by atoms with Crippen LogP contribution in [0.3, 0.4) is 0 Å². The highest BCUT2D eigenvalue weighted by Gasteiger charge is 2.28. The topological polar surface area (TPSA) is 25.2 Å². The van der Waals surface area contributed by atoms with E-state index in [1.807, 2.05) is 25.1 Å². The maximum atomic E-state index is 13.9. The Balaban J connectivity index is 1.93. The van der Waals surface area contributed by atoms with Gasteiger partial charge < -0.3 is 0 Å². The van der Waals surface area contributed by atoms with Gasteiger partial charge in [0.1, 0.15) is 5.52 Å². The second-order valence-electron chi connectivity index (χ2n) is 6.37. The lowest BCUT2D eigenvalue weighted by molar-refractivity contribution is 0.515. The van der Waals surface area contributed by atoms with Gasteiger partial charge in [0, 0.05) is 33.7 Å². The molecule has 5 heteroatoms. The molecule has 0 fully saturated rings. The van der Waals surface area contributed by atoms with Crippen molar-refractivity contribution in [2.75, 3.05) is 0 Å². The van der Waals surface area contributed by atoms with Crippen LogP contribution in [0.15, 0.2) is 47.6 Å². The Morgan fingerprint density at radius 1 is 1.08 bits per heavy atom. The molecule has 3 aromatic rings. The van der Waals surface area contributed by atoms with Crippen molar-refractivity contribution in [2.45, 2.75) is 25.8 Å². The highest BCUT2D eigenvalue weighted by molar-refractivity contribution is 6.32. The molecule has 0 saturated carbocycles. The van der Waals surface area contributed by atoms with E-state index in [0.29, 0.717) is 10.4 Å². The summed E-state index contributed by atoms with van der Waals surface area (Å²) in [6.45, 7) is 4.15. The molecule has 0 amide bonds. The minimum atomic E-state index is -0.930. The smallest absolute Gasteiger partial charge is 0.184 e. The standard InChI is InChI=1S/C20H15ClF2N2/c1-10-11(2)25-19(14-4-3-5-15(21)17(10)14)13-8-12-6-7-16(22)18(23)20(12)24-9-13/h3-11H,1-2H3/t10-,11+/m1/s1. The second kappa shape index (κ2) is 5.88. The van der Waals surface area contributed by atoms with E-state index in [1.54, 1.807) is 6.07 Å². The maximum absolute atomic E-state index is 13.9. The average Bonchev–Trinajstić information content (AvgIpc) is 2.61. The van der Waals surface area contributed by atoms with E-state index in [2.05, 4.69) is 11.9 Å². The first-order chi connectivity index (χ1) is 12.0. The molecule has 2 nitrogen and oxygen atoms in total. The molecule has 1 aromatic heterocycles. The van der Waals surface area contributed by atoms with E-state index >= 15 is 0 Å². The SMILES string of the molecule is C[C@@H]1N=C(c2cnc3c(F)c(F)ccc3c2)c2cccc(Cl)c2[C@@H]1C. The Bertz CT molecular complexity index is 1030. The van der Waals surface area contributed by atoms with Crippen LogP contribution in [0.2, 0.25) is 5.02 Å². The zero-order valence-electron chi connectivity index (χ0n) is 13.7. The lowest BCUT2D eigenvalue weighted by atomic mass is 9.84. The van der Waals surface area contributed by atoms with E-state index in [-0.39, 0.29) is 17.5 Å². The molecule has 0 aliphatic carbocycles. The van der Waals surface area contributed by atoms with Crippen molar-refractivity contribution in [2.24, 2.45) is 4.99 Å². The van der Waals surface area contributed by atoms with E-state index < -0.39 is 11.6 Å². The molecule has 2 heterocycles. The highest BCUT2D eigenvalue weighted by Crippen LogP contribution is 2.37. The summed E-state index contributed by atoms with van der Waals surface area (Å²) in [4.78, 5) is 8.94. The summed E-state index contributed by atoms with van der Waals surface area (Å²) >= 11 is 6.43.